The van der Waals surface area contributed by atoms with Crippen LogP contribution in [-0.4, -0.2) is 37.3 Å². The van der Waals surface area contributed by atoms with E-state index in [0.29, 0.717) is 25.9 Å². The van der Waals surface area contributed by atoms with Crippen molar-refractivity contribution < 1.29 is 9.47 Å². The summed E-state index contributed by atoms with van der Waals surface area (Å²) >= 11 is 0. The molecule has 0 spiro atoms. The van der Waals surface area contributed by atoms with Crippen molar-refractivity contribution in [3.8, 4) is 5.75 Å². The van der Waals surface area contributed by atoms with E-state index in [2.05, 4.69) is 63.7 Å². The summed E-state index contributed by atoms with van der Waals surface area (Å²) in [6.07, 6.45) is 9.36. The van der Waals surface area contributed by atoms with Crippen LogP contribution in [0.15, 0.2) is 67.0 Å². The van der Waals surface area contributed by atoms with Gasteiger partial charge in [-0.2, -0.15) is 0 Å². The van der Waals surface area contributed by atoms with Crippen LogP contribution in [0.3, 0.4) is 0 Å². The van der Waals surface area contributed by atoms with Crippen LogP contribution >= 0.6 is 0 Å². The molecule has 0 aliphatic carbocycles. The Hall–Kier alpha value is -2.89. The average Bonchev–Trinajstić information content (AvgIpc) is 3.40. The molecule has 2 aromatic carbocycles. The van der Waals surface area contributed by atoms with E-state index in [4.69, 9.17) is 9.47 Å². The Kier molecular flexibility index (Phi) is 7.19. The first-order valence-corrected chi connectivity index (χ1v) is 12.2. The molecule has 0 amide bonds. The average molecular weight is 444 g/mol. The number of pyridine rings is 1. The van der Waals surface area contributed by atoms with Crippen molar-refractivity contribution >= 4 is 11.4 Å². The number of aromatic nitrogens is 1. The fourth-order valence-electron chi connectivity index (χ4n) is 4.73. The van der Waals surface area contributed by atoms with Gasteiger partial charge < -0.3 is 19.7 Å². The van der Waals surface area contributed by atoms with Gasteiger partial charge in [0.2, 0.25) is 0 Å². The molecule has 5 nitrogen and oxygen atoms in total. The van der Waals surface area contributed by atoms with E-state index in [0.717, 1.165) is 43.8 Å². The number of fused-ring (bicyclic) bond motifs is 1. The second-order valence-electron chi connectivity index (χ2n) is 8.99. The van der Waals surface area contributed by atoms with Crippen LogP contribution in [0.25, 0.3) is 0 Å². The smallest absolute Gasteiger partial charge is 0.139 e. The Labute approximate surface area is 196 Å². The highest BCUT2D eigenvalue weighted by Crippen LogP contribution is 2.35. The minimum atomic E-state index is 0.455. The van der Waals surface area contributed by atoms with E-state index < -0.39 is 0 Å². The first kappa shape index (κ1) is 21.9. The van der Waals surface area contributed by atoms with Crippen LogP contribution < -0.4 is 15.0 Å². The number of nitrogens with zero attached hydrogens (tertiary/aromatic N) is 2. The first-order valence-electron chi connectivity index (χ1n) is 12.2. The molecule has 2 aliphatic heterocycles. The third-order valence-electron chi connectivity index (χ3n) is 6.54. The van der Waals surface area contributed by atoms with Gasteiger partial charge in [-0.25, -0.2) is 0 Å². The standard InChI is InChI=1S/C28H33N3O2/c1-2-6-23(7-3-1)20-32-15-12-22-10-11-24-8-5-14-31(28(24)16-22)26-17-27(19-29-18-26)33-21-25-9-4-13-30-25/h1-3,6-7,10-11,16-19,25,30H,4-5,8-9,12-15,20-21H2/t25-/m0/s1. The molecule has 0 bridgehead atoms. The Morgan fingerprint density at radius 2 is 1.94 bits per heavy atom. The molecular weight excluding hydrogens is 410 g/mol. The number of ether oxygens (including phenoxy) is 2. The van der Waals surface area contributed by atoms with Crippen molar-refractivity contribution in [2.75, 3.05) is 31.2 Å². The van der Waals surface area contributed by atoms with E-state index in [1.807, 2.05) is 18.5 Å². The summed E-state index contributed by atoms with van der Waals surface area (Å²) in [5.74, 6) is 0.846. The van der Waals surface area contributed by atoms with Crippen molar-refractivity contribution in [1.29, 1.82) is 0 Å². The van der Waals surface area contributed by atoms with Gasteiger partial charge in [-0.05, 0) is 61.4 Å². The van der Waals surface area contributed by atoms with Crippen LogP contribution in [0, 0.1) is 0 Å². The fourth-order valence-corrected chi connectivity index (χ4v) is 4.73. The van der Waals surface area contributed by atoms with Crippen LogP contribution in [-0.2, 0) is 24.2 Å². The summed E-state index contributed by atoms with van der Waals surface area (Å²) in [5, 5.41) is 3.49. The van der Waals surface area contributed by atoms with Gasteiger partial charge >= 0.3 is 0 Å². The lowest BCUT2D eigenvalue weighted by molar-refractivity contribution is 0.124. The van der Waals surface area contributed by atoms with Crippen LogP contribution in [0.4, 0.5) is 11.4 Å². The van der Waals surface area contributed by atoms with Crippen molar-refractivity contribution in [1.82, 2.24) is 10.3 Å². The van der Waals surface area contributed by atoms with E-state index in [1.165, 1.54) is 35.2 Å². The zero-order chi connectivity index (χ0) is 22.3. The molecule has 5 rings (SSSR count). The number of aryl methyl sites for hydroxylation is 1. The highest BCUT2D eigenvalue weighted by atomic mass is 16.5. The first-order chi connectivity index (χ1) is 16.3. The van der Waals surface area contributed by atoms with Crippen molar-refractivity contribution in [3.05, 3.63) is 83.7 Å². The second-order valence-corrected chi connectivity index (χ2v) is 8.99. The van der Waals surface area contributed by atoms with Gasteiger partial charge in [0.25, 0.3) is 0 Å². The highest BCUT2D eigenvalue weighted by Gasteiger charge is 2.20. The third-order valence-corrected chi connectivity index (χ3v) is 6.54. The Morgan fingerprint density at radius 3 is 2.82 bits per heavy atom. The largest absolute Gasteiger partial charge is 0.490 e. The van der Waals surface area contributed by atoms with Gasteiger partial charge in [0.1, 0.15) is 12.4 Å². The molecule has 33 heavy (non-hydrogen) atoms. The van der Waals surface area contributed by atoms with Gasteiger partial charge in [-0.15, -0.1) is 0 Å². The van der Waals surface area contributed by atoms with Gasteiger partial charge in [0.15, 0.2) is 0 Å². The van der Waals surface area contributed by atoms with Crippen LogP contribution in [0.2, 0.25) is 0 Å². The predicted octanol–water partition coefficient (Wildman–Crippen LogP) is 5.06. The Bertz CT molecular complexity index is 1030. The lowest BCUT2D eigenvalue weighted by atomic mass is 9.98. The van der Waals surface area contributed by atoms with Crippen molar-refractivity contribution in [2.24, 2.45) is 0 Å². The maximum atomic E-state index is 6.07. The summed E-state index contributed by atoms with van der Waals surface area (Å²) < 4.78 is 12.0. The lowest BCUT2D eigenvalue weighted by Gasteiger charge is -2.32. The molecule has 172 valence electrons. The number of hydrogen-bond donors (Lipinski definition) is 1. The third kappa shape index (κ3) is 5.73. The Morgan fingerprint density at radius 1 is 1.00 bits per heavy atom. The molecule has 1 aromatic heterocycles. The topological polar surface area (TPSA) is 46.6 Å². The molecule has 3 aromatic rings. The van der Waals surface area contributed by atoms with E-state index >= 15 is 0 Å². The summed E-state index contributed by atoms with van der Waals surface area (Å²) in [6.45, 7) is 4.17. The predicted molar refractivity (Wildman–Crippen MR) is 132 cm³/mol. The zero-order valence-corrected chi connectivity index (χ0v) is 19.2. The van der Waals surface area contributed by atoms with E-state index in [9.17, 15) is 0 Å². The minimum Gasteiger partial charge on any atom is -0.490 e. The van der Waals surface area contributed by atoms with Gasteiger partial charge in [-0.3, -0.25) is 4.98 Å². The molecule has 5 heteroatoms. The van der Waals surface area contributed by atoms with Gasteiger partial charge in [0.05, 0.1) is 31.3 Å². The number of anilines is 2. The fraction of sp³-hybridized carbons (Fsp3) is 0.393. The molecule has 2 aliphatic rings. The van der Waals surface area contributed by atoms with Gasteiger partial charge in [0, 0.05) is 24.3 Å². The van der Waals surface area contributed by atoms with Gasteiger partial charge in [-0.1, -0.05) is 42.5 Å². The molecule has 1 saturated heterocycles. The SMILES string of the molecule is c1ccc(COCCc2ccc3c(c2)N(c2cncc(OC[C@@H]4CCCN4)c2)CCC3)cc1. The summed E-state index contributed by atoms with van der Waals surface area (Å²) in [6, 6.07) is 19.8. The molecule has 1 N–H and O–H groups in total. The zero-order valence-electron chi connectivity index (χ0n) is 19.2. The van der Waals surface area contributed by atoms with Crippen molar-refractivity contribution in [2.45, 2.75) is 44.8 Å². The van der Waals surface area contributed by atoms with E-state index in [1.54, 1.807) is 0 Å². The van der Waals surface area contributed by atoms with Crippen molar-refractivity contribution in [3.63, 3.8) is 0 Å². The van der Waals surface area contributed by atoms with E-state index in [-0.39, 0.29) is 0 Å². The summed E-state index contributed by atoms with van der Waals surface area (Å²) in [7, 11) is 0. The number of rotatable bonds is 9. The molecule has 0 unspecified atom stereocenters. The van der Waals surface area contributed by atoms with Crippen LogP contribution in [0.1, 0.15) is 36.0 Å². The second kappa shape index (κ2) is 10.8. The number of nitrogens with one attached hydrogen (secondary N) is 1. The lowest BCUT2D eigenvalue weighted by Crippen LogP contribution is -2.28. The van der Waals surface area contributed by atoms with Crippen LogP contribution in [0.5, 0.6) is 5.75 Å². The normalized spacial score (nSPS) is 17.7. The molecule has 1 atom stereocenters. The maximum absolute atomic E-state index is 6.07. The molecular formula is C28H33N3O2. The molecule has 0 saturated carbocycles. The maximum Gasteiger partial charge on any atom is 0.139 e. The summed E-state index contributed by atoms with van der Waals surface area (Å²) in [4.78, 5) is 6.87. The number of benzene rings is 2. The minimum absolute atomic E-state index is 0.455. The molecule has 1 fully saturated rings. The molecule has 3 heterocycles. The number of hydrogen-bond acceptors (Lipinski definition) is 5. The Balaban J connectivity index is 1.23. The quantitative estimate of drug-likeness (QED) is 0.469. The summed E-state index contributed by atoms with van der Waals surface area (Å²) in [5.41, 5.74) is 6.31. The molecule has 0 radical (unpaired) electrons. The highest BCUT2D eigenvalue weighted by molar-refractivity contribution is 5.68. The monoisotopic (exact) mass is 443 g/mol.